The molecule has 0 spiro atoms. The van der Waals surface area contributed by atoms with Gasteiger partial charge in [0.1, 0.15) is 5.60 Å². The number of carbonyl (C=O) groups excluding carboxylic acids is 2. The second kappa shape index (κ2) is 7.56. The van der Waals surface area contributed by atoms with Gasteiger partial charge in [0.25, 0.3) is 5.91 Å². The second-order valence-electron chi connectivity index (χ2n) is 6.96. The number of carbonyl (C=O) groups is 2. The zero-order valence-corrected chi connectivity index (χ0v) is 15.1. The van der Waals surface area contributed by atoms with Gasteiger partial charge in [-0.25, -0.2) is 13.6 Å². The number of hydrogen-bond donors (Lipinski definition) is 1. The number of ether oxygens (including phenoxy) is 1. The first-order chi connectivity index (χ1) is 11.6. The molecule has 0 bridgehead atoms. The number of likely N-dealkylation sites (tertiary alicyclic amines) is 1. The number of piperidine rings is 1. The van der Waals surface area contributed by atoms with Gasteiger partial charge in [-0.2, -0.15) is 0 Å². The van der Waals surface area contributed by atoms with Gasteiger partial charge >= 0.3 is 6.09 Å². The van der Waals surface area contributed by atoms with Crippen LogP contribution in [0.15, 0.2) is 12.1 Å². The third-order valence-corrected chi connectivity index (χ3v) is 4.05. The van der Waals surface area contributed by atoms with Gasteiger partial charge in [0.15, 0.2) is 11.6 Å². The van der Waals surface area contributed by atoms with Gasteiger partial charge in [-0.05, 0) is 45.7 Å². The molecule has 0 aromatic heterocycles. The molecule has 138 valence electrons. The lowest BCUT2D eigenvalue weighted by Gasteiger charge is -2.33. The van der Waals surface area contributed by atoms with Gasteiger partial charge in [-0.1, -0.05) is 11.6 Å². The van der Waals surface area contributed by atoms with E-state index in [1.54, 1.807) is 25.7 Å². The molecule has 0 radical (unpaired) electrons. The average Bonchev–Trinajstić information content (AvgIpc) is 2.49. The number of benzene rings is 1. The Labute approximate surface area is 150 Å². The third kappa shape index (κ3) is 5.29. The fourth-order valence-electron chi connectivity index (χ4n) is 2.49. The molecule has 1 fully saturated rings. The van der Waals surface area contributed by atoms with Crippen molar-refractivity contribution in [1.29, 1.82) is 0 Å². The van der Waals surface area contributed by atoms with E-state index in [0.717, 1.165) is 12.1 Å². The van der Waals surface area contributed by atoms with Crippen molar-refractivity contribution < 1.29 is 23.1 Å². The number of amides is 2. The molecule has 1 N–H and O–H groups in total. The summed E-state index contributed by atoms with van der Waals surface area (Å²) >= 11 is 5.80. The Morgan fingerprint density at radius 3 is 2.32 bits per heavy atom. The van der Waals surface area contributed by atoms with E-state index in [-0.39, 0.29) is 22.7 Å². The van der Waals surface area contributed by atoms with Crippen LogP contribution in [0.1, 0.15) is 44.0 Å². The molecular formula is C17H21ClF2N2O3. The van der Waals surface area contributed by atoms with Crippen LogP contribution in [0.4, 0.5) is 13.6 Å². The highest BCUT2D eigenvalue weighted by Crippen LogP contribution is 2.21. The van der Waals surface area contributed by atoms with Crippen molar-refractivity contribution in [2.75, 3.05) is 13.1 Å². The van der Waals surface area contributed by atoms with Crippen LogP contribution in [0.5, 0.6) is 0 Å². The maximum absolute atomic E-state index is 13.3. The topological polar surface area (TPSA) is 58.6 Å². The van der Waals surface area contributed by atoms with Crippen molar-refractivity contribution in [3.63, 3.8) is 0 Å². The first-order valence-electron chi connectivity index (χ1n) is 8.00. The SMILES string of the molecule is CC(C)(C)OC(=O)N1CCC(NC(=O)c2cc(F)c(F)cc2Cl)CC1. The van der Waals surface area contributed by atoms with Gasteiger partial charge in [0, 0.05) is 19.1 Å². The largest absolute Gasteiger partial charge is 0.444 e. The number of hydrogen-bond acceptors (Lipinski definition) is 3. The molecule has 1 heterocycles. The van der Waals surface area contributed by atoms with Gasteiger partial charge in [-0.15, -0.1) is 0 Å². The molecule has 5 nitrogen and oxygen atoms in total. The summed E-state index contributed by atoms with van der Waals surface area (Å²) in [5.74, 6) is -2.80. The van der Waals surface area contributed by atoms with Crippen molar-refractivity contribution in [3.05, 3.63) is 34.4 Å². The van der Waals surface area contributed by atoms with Crippen molar-refractivity contribution in [3.8, 4) is 0 Å². The minimum atomic E-state index is -1.13. The van der Waals surface area contributed by atoms with E-state index in [0.29, 0.717) is 25.9 Å². The van der Waals surface area contributed by atoms with Gasteiger partial charge < -0.3 is 15.0 Å². The van der Waals surface area contributed by atoms with Crippen LogP contribution in [-0.4, -0.2) is 41.6 Å². The summed E-state index contributed by atoms with van der Waals surface area (Å²) in [7, 11) is 0. The van der Waals surface area contributed by atoms with Crippen molar-refractivity contribution in [2.45, 2.75) is 45.3 Å². The van der Waals surface area contributed by atoms with E-state index in [2.05, 4.69) is 5.32 Å². The van der Waals surface area contributed by atoms with E-state index >= 15 is 0 Å². The molecule has 1 saturated heterocycles. The predicted octanol–water partition coefficient (Wildman–Crippen LogP) is 3.75. The number of nitrogens with one attached hydrogen (secondary N) is 1. The van der Waals surface area contributed by atoms with Crippen LogP contribution in [0, 0.1) is 11.6 Å². The Morgan fingerprint density at radius 1 is 1.20 bits per heavy atom. The van der Waals surface area contributed by atoms with E-state index in [9.17, 15) is 18.4 Å². The van der Waals surface area contributed by atoms with Crippen molar-refractivity contribution >= 4 is 23.6 Å². The monoisotopic (exact) mass is 374 g/mol. The molecule has 1 aliphatic heterocycles. The van der Waals surface area contributed by atoms with Crippen LogP contribution >= 0.6 is 11.6 Å². The van der Waals surface area contributed by atoms with Gasteiger partial charge in [-0.3, -0.25) is 4.79 Å². The second-order valence-corrected chi connectivity index (χ2v) is 7.37. The molecule has 0 saturated carbocycles. The van der Waals surface area contributed by atoms with Crippen molar-refractivity contribution in [1.82, 2.24) is 10.2 Å². The highest BCUT2D eigenvalue weighted by atomic mass is 35.5. The minimum Gasteiger partial charge on any atom is -0.444 e. The molecular weight excluding hydrogens is 354 g/mol. The molecule has 8 heteroatoms. The molecule has 0 unspecified atom stereocenters. The molecule has 1 aromatic rings. The standard InChI is InChI=1S/C17H21ClF2N2O3/c1-17(2,3)25-16(24)22-6-4-10(5-7-22)21-15(23)11-8-13(19)14(20)9-12(11)18/h8-10H,4-7H2,1-3H3,(H,21,23). The lowest BCUT2D eigenvalue weighted by atomic mass is 10.0. The van der Waals surface area contributed by atoms with Crippen LogP contribution in [-0.2, 0) is 4.74 Å². The summed E-state index contributed by atoms with van der Waals surface area (Å²) in [5.41, 5.74) is -0.680. The highest BCUT2D eigenvalue weighted by molar-refractivity contribution is 6.33. The summed E-state index contributed by atoms with van der Waals surface area (Å²) in [6, 6.07) is 1.37. The molecule has 2 rings (SSSR count). The van der Waals surface area contributed by atoms with E-state index in [1.165, 1.54) is 0 Å². The zero-order valence-electron chi connectivity index (χ0n) is 14.4. The van der Waals surface area contributed by atoms with E-state index < -0.39 is 23.1 Å². The molecule has 0 atom stereocenters. The molecule has 25 heavy (non-hydrogen) atoms. The Balaban J connectivity index is 1.91. The zero-order chi connectivity index (χ0) is 18.8. The number of rotatable bonds is 2. The van der Waals surface area contributed by atoms with E-state index in [1.807, 2.05) is 0 Å². The lowest BCUT2D eigenvalue weighted by Crippen LogP contribution is -2.47. The molecule has 0 aliphatic carbocycles. The van der Waals surface area contributed by atoms with Crippen LogP contribution in [0.25, 0.3) is 0 Å². The predicted molar refractivity (Wildman–Crippen MR) is 89.7 cm³/mol. The van der Waals surface area contributed by atoms with Crippen LogP contribution < -0.4 is 5.32 Å². The summed E-state index contributed by atoms with van der Waals surface area (Å²) < 4.78 is 31.7. The Bertz CT molecular complexity index is 669. The highest BCUT2D eigenvalue weighted by Gasteiger charge is 2.28. The summed E-state index contributed by atoms with van der Waals surface area (Å²) in [5, 5.41) is 2.59. The molecule has 1 aliphatic rings. The van der Waals surface area contributed by atoms with Crippen molar-refractivity contribution in [2.24, 2.45) is 0 Å². The first-order valence-corrected chi connectivity index (χ1v) is 8.38. The molecule has 1 aromatic carbocycles. The fourth-order valence-corrected chi connectivity index (χ4v) is 2.73. The summed E-state index contributed by atoms with van der Waals surface area (Å²) in [4.78, 5) is 25.8. The Hall–Kier alpha value is -1.89. The first kappa shape index (κ1) is 19.4. The summed E-state index contributed by atoms with van der Waals surface area (Å²) in [6.45, 7) is 6.26. The van der Waals surface area contributed by atoms with Gasteiger partial charge in [0.05, 0.1) is 10.6 Å². The van der Waals surface area contributed by atoms with Crippen LogP contribution in [0.3, 0.4) is 0 Å². The maximum atomic E-state index is 13.3. The average molecular weight is 375 g/mol. The van der Waals surface area contributed by atoms with Gasteiger partial charge in [0.2, 0.25) is 0 Å². The number of halogens is 3. The van der Waals surface area contributed by atoms with Crippen LogP contribution in [0.2, 0.25) is 5.02 Å². The quantitative estimate of drug-likeness (QED) is 0.802. The lowest BCUT2D eigenvalue weighted by molar-refractivity contribution is 0.0199. The number of nitrogens with zero attached hydrogens (tertiary/aromatic N) is 1. The maximum Gasteiger partial charge on any atom is 0.410 e. The molecule has 2 amide bonds. The third-order valence-electron chi connectivity index (χ3n) is 3.74. The fraction of sp³-hybridized carbons (Fsp3) is 0.529. The van der Waals surface area contributed by atoms with E-state index in [4.69, 9.17) is 16.3 Å². The Morgan fingerprint density at radius 2 is 1.76 bits per heavy atom. The summed E-state index contributed by atoms with van der Waals surface area (Å²) in [6.07, 6.45) is 0.680. The smallest absolute Gasteiger partial charge is 0.410 e. The minimum absolute atomic E-state index is 0.116. The normalized spacial score (nSPS) is 15.8. The Kier molecular flexibility index (Phi) is 5.87.